The quantitative estimate of drug-likeness (QED) is 0.595. The number of ketones is 1. The molecule has 0 radical (unpaired) electrons. The average molecular weight is 240 g/mol. The number of allylic oxidation sites excluding steroid dienone is 1. The smallest absolute Gasteiger partial charge is 0.187 e. The molecule has 0 aromatic heterocycles. The second kappa shape index (κ2) is 3.68. The molecule has 0 fully saturated rings. The molecule has 1 aromatic carbocycles. The van der Waals surface area contributed by atoms with Crippen molar-refractivity contribution in [2.75, 3.05) is 0 Å². The minimum Gasteiger partial charge on any atom is -0.292 e. The standard InChI is InChI=1S/C10H8OS3/c11-7-8(12)5-3-1-2-4-6(5)9(13)10(7)14/h1-4,8,12-14H. The van der Waals surface area contributed by atoms with E-state index in [0.29, 0.717) is 9.81 Å². The highest BCUT2D eigenvalue weighted by molar-refractivity contribution is 7.94. The first kappa shape index (κ1) is 10.2. The van der Waals surface area contributed by atoms with Crippen LogP contribution >= 0.6 is 37.9 Å². The van der Waals surface area contributed by atoms with Crippen molar-refractivity contribution < 1.29 is 4.79 Å². The molecule has 72 valence electrons. The summed E-state index contributed by atoms with van der Waals surface area (Å²) in [5.74, 6) is -0.0830. The van der Waals surface area contributed by atoms with E-state index >= 15 is 0 Å². The molecule has 14 heavy (non-hydrogen) atoms. The van der Waals surface area contributed by atoms with Crippen molar-refractivity contribution in [1.29, 1.82) is 0 Å². The Hall–Kier alpha value is -0.320. The zero-order valence-corrected chi connectivity index (χ0v) is 9.82. The Balaban J connectivity index is 2.71. The molecule has 0 N–H and O–H groups in total. The van der Waals surface area contributed by atoms with E-state index in [1.54, 1.807) is 0 Å². The Labute approximate surface area is 98.8 Å². The topological polar surface area (TPSA) is 17.1 Å². The van der Waals surface area contributed by atoms with Gasteiger partial charge in [-0.1, -0.05) is 24.3 Å². The molecule has 1 nitrogen and oxygen atoms in total. The molecule has 0 saturated carbocycles. The van der Waals surface area contributed by atoms with Gasteiger partial charge in [-0.3, -0.25) is 4.79 Å². The molecule has 0 heterocycles. The molecular formula is C10H8OS3. The minimum atomic E-state index is -0.408. The van der Waals surface area contributed by atoms with Crippen LogP contribution in [0.5, 0.6) is 0 Å². The first-order valence-electron chi connectivity index (χ1n) is 4.06. The summed E-state index contributed by atoms with van der Waals surface area (Å²) in [4.78, 5) is 12.7. The van der Waals surface area contributed by atoms with Gasteiger partial charge in [0.15, 0.2) is 5.78 Å². The van der Waals surface area contributed by atoms with Crippen molar-refractivity contribution >= 4 is 48.6 Å². The van der Waals surface area contributed by atoms with Gasteiger partial charge in [-0.15, -0.1) is 25.3 Å². The molecule has 0 bridgehead atoms. The van der Waals surface area contributed by atoms with Gasteiger partial charge in [-0.05, 0) is 11.1 Å². The van der Waals surface area contributed by atoms with E-state index in [1.165, 1.54) is 0 Å². The van der Waals surface area contributed by atoms with E-state index in [2.05, 4.69) is 37.9 Å². The summed E-state index contributed by atoms with van der Waals surface area (Å²) in [6, 6.07) is 7.61. The van der Waals surface area contributed by atoms with Gasteiger partial charge in [0, 0.05) is 4.91 Å². The summed E-state index contributed by atoms with van der Waals surface area (Å²) in [5.41, 5.74) is 1.85. The highest BCUT2D eigenvalue weighted by atomic mass is 32.1. The SMILES string of the molecule is O=C1C(S)=C(S)c2ccccc2C1S. The molecule has 1 unspecified atom stereocenters. The molecule has 0 saturated heterocycles. The molecular weight excluding hydrogens is 232 g/mol. The van der Waals surface area contributed by atoms with Gasteiger partial charge < -0.3 is 0 Å². The van der Waals surface area contributed by atoms with Crippen LogP contribution in [-0.2, 0) is 4.79 Å². The fourth-order valence-electron chi connectivity index (χ4n) is 1.47. The number of fused-ring (bicyclic) bond motifs is 1. The highest BCUT2D eigenvalue weighted by Crippen LogP contribution is 2.40. The molecule has 4 heteroatoms. The largest absolute Gasteiger partial charge is 0.292 e. The molecule has 0 aliphatic heterocycles. The van der Waals surface area contributed by atoms with Crippen LogP contribution in [0.3, 0.4) is 0 Å². The number of hydrogen-bond donors (Lipinski definition) is 3. The minimum absolute atomic E-state index is 0.0830. The number of Topliss-reactive ketones (excluding diaryl/α,β-unsaturated/α-hetero) is 1. The lowest BCUT2D eigenvalue weighted by molar-refractivity contribution is -0.114. The number of hydrogen-bond acceptors (Lipinski definition) is 4. The zero-order chi connectivity index (χ0) is 10.3. The van der Waals surface area contributed by atoms with Crippen LogP contribution in [0.4, 0.5) is 0 Å². The molecule has 2 rings (SSSR count). The van der Waals surface area contributed by atoms with Gasteiger partial charge in [0.1, 0.15) is 0 Å². The number of thiol groups is 3. The highest BCUT2D eigenvalue weighted by Gasteiger charge is 2.28. The number of carbonyl (C=O) groups is 1. The third kappa shape index (κ3) is 1.42. The fraction of sp³-hybridized carbons (Fsp3) is 0.100. The summed E-state index contributed by atoms with van der Waals surface area (Å²) < 4.78 is 0. The Morgan fingerprint density at radius 2 is 1.71 bits per heavy atom. The van der Waals surface area contributed by atoms with Crippen LogP contribution in [0, 0.1) is 0 Å². The zero-order valence-electron chi connectivity index (χ0n) is 7.14. The van der Waals surface area contributed by atoms with Crippen molar-refractivity contribution in [3.63, 3.8) is 0 Å². The first-order chi connectivity index (χ1) is 6.63. The van der Waals surface area contributed by atoms with E-state index < -0.39 is 5.25 Å². The number of carbonyl (C=O) groups excluding carboxylic acids is 1. The molecule has 0 spiro atoms. The summed E-state index contributed by atoms with van der Waals surface area (Å²) in [6.07, 6.45) is 0. The Morgan fingerprint density at radius 3 is 2.43 bits per heavy atom. The second-order valence-corrected chi connectivity index (χ2v) is 4.46. The lowest BCUT2D eigenvalue weighted by Crippen LogP contribution is -2.14. The summed E-state index contributed by atoms with van der Waals surface area (Å²) in [5, 5.41) is -0.408. The van der Waals surface area contributed by atoms with E-state index in [-0.39, 0.29) is 5.78 Å². The van der Waals surface area contributed by atoms with Gasteiger partial charge >= 0.3 is 0 Å². The summed E-state index contributed by atoms with van der Waals surface area (Å²) in [6.45, 7) is 0. The molecule has 0 amide bonds. The summed E-state index contributed by atoms with van der Waals surface area (Å²) >= 11 is 12.7. The monoisotopic (exact) mass is 240 g/mol. The lowest BCUT2D eigenvalue weighted by atomic mass is 9.96. The van der Waals surface area contributed by atoms with Crippen LogP contribution in [0.25, 0.3) is 4.91 Å². The maximum absolute atomic E-state index is 11.6. The van der Waals surface area contributed by atoms with Crippen LogP contribution in [0.1, 0.15) is 16.4 Å². The maximum Gasteiger partial charge on any atom is 0.187 e. The van der Waals surface area contributed by atoms with E-state index in [0.717, 1.165) is 11.1 Å². The van der Waals surface area contributed by atoms with Gasteiger partial charge in [0.2, 0.25) is 0 Å². The molecule has 1 aromatic rings. The third-order valence-electron chi connectivity index (χ3n) is 2.22. The predicted octanol–water partition coefficient (Wildman–Crippen LogP) is 2.77. The normalized spacial score (nSPS) is 21.1. The van der Waals surface area contributed by atoms with Crippen molar-refractivity contribution in [2.45, 2.75) is 5.25 Å². The van der Waals surface area contributed by atoms with Crippen LogP contribution in [0.2, 0.25) is 0 Å². The fourth-order valence-corrected chi connectivity index (χ4v) is 2.49. The van der Waals surface area contributed by atoms with E-state index in [1.807, 2.05) is 24.3 Å². The van der Waals surface area contributed by atoms with Crippen molar-refractivity contribution in [3.05, 3.63) is 40.3 Å². The van der Waals surface area contributed by atoms with E-state index in [9.17, 15) is 4.79 Å². The van der Waals surface area contributed by atoms with Crippen molar-refractivity contribution in [2.24, 2.45) is 0 Å². The maximum atomic E-state index is 11.6. The molecule has 1 aliphatic carbocycles. The van der Waals surface area contributed by atoms with Gasteiger partial charge in [0.05, 0.1) is 10.2 Å². The third-order valence-corrected chi connectivity index (χ3v) is 3.81. The molecule has 1 aliphatic rings. The van der Waals surface area contributed by atoms with Crippen LogP contribution in [0.15, 0.2) is 29.2 Å². The number of benzene rings is 1. The first-order valence-corrected chi connectivity index (χ1v) is 5.48. The predicted molar refractivity (Wildman–Crippen MR) is 68.1 cm³/mol. The Morgan fingerprint density at radius 1 is 1.07 bits per heavy atom. The Bertz CT molecular complexity index is 437. The van der Waals surface area contributed by atoms with Gasteiger partial charge in [-0.25, -0.2) is 0 Å². The molecule has 1 atom stereocenters. The van der Waals surface area contributed by atoms with Gasteiger partial charge in [-0.2, -0.15) is 12.6 Å². The van der Waals surface area contributed by atoms with Crippen LogP contribution in [-0.4, -0.2) is 5.78 Å². The van der Waals surface area contributed by atoms with Gasteiger partial charge in [0.25, 0.3) is 0 Å². The Kier molecular flexibility index (Phi) is 2.68. The second-order valence-electron chi connectivity index (χ2n) is 3.05. The van der Waals surface area contributed by atoms with E-state index in [4.69, 9.17) is 0 Å². The lowest BCUT2D eigenvalue weighted by Gasteiger charge is -2.21. The average Bonchev–Trinajstić information content (AvgIpc) is 2.23. The summed E-state index contributed by atoms with van der Waals surface area (Å²) in [7, 11) is 0. The van der Waals surface area contributed by atoms with Crippen molar-refractivity contribution in [1.82, 2.24) is 0 Å². The van der Waals surface area contributed by atoms with Crippen LogP contribution < -0.4 is 0 Å². The number of rotatable bonds is 0. The van der Waals surface area contributed by atoms with Crippen molar-refractivity contribution in [3.8, 4) is 0 Å².